The van der Waals surface area contributed by atoms with Crippen LogP contribution in [0.4, 0.5) is 0 Å². The van der Waals surface area contributed by atoms with Crippen LogP contribution < -0.4 is 9.47 Å². The zero-order valence-electron chi connectivity index (χ0n) is 15.3. The highest BCUT2D eigenvalue weighted by atomic mass is 35.5. The molecular weight excluding hydrogens is 411 g/mol. The highest BCUT2D eigenvalue weighted by Crippen LogP contribution is 2.30. The van der Waals surface area contributed by atoms with E-state index in [4.69, 9.17) is 37.5 Å². The molecule has 1 aromatic carbocycles. The summed E-state index contributed by atoms with van der Waals surface area (Å²) < 4.78 is 15.6. The van der Waals surface area contributed by atoms with Gasteiger partial charge in [0.05, 0.1) is 12.1 Å². The Morgan fingerprint density at radius 1 is 1.18 bits per heavy atom. The van der Waals surface area contributed by atoms with Crippen molar-refractivity contribution in [2.75, 3.05) is 20.8 Å². The van der Waals surface area contributed by atoms with Gasteiger partial charge >= 0.3 is 5.97 Å². The molecule has 0 saturated heterocycles. The minimum absolute atomic E-state index is 0.215. The summed E-state index contributed by atoms with van der Waals surface area (Å²) in [5, 5.41) is 1.61. The number of hydroxylamine groups is 2. The molecule has 0 N–H and O–H groups in total. The second-order valence-corrected chi connectivity index (χ2v) is 6.30. The van der Waals surface area contributed by atoms with Gasteiger partial charge in [-0.05, 0) is 37.3 Å². The average Bonchev–Trinajstić information content (AvgIpc) is 2.68. The Balaban J connectivity index is 1.92. The summed E-state index contributed by atoms with van der Waals surface area (Å²) in [6.07, 6.45) is 0.577. The van der Waals surface area contributed by atoms with Crippen molar-refractivity contribution in [1.29, 1.82) is 0 Å². The van der Waals surface area contributed by atoms with E-state index < -0.39 is 18.0 Å². The number of carbonyl (C=O) groups excluding carboxylic acids is 2. The van der Waals surface area contributed by atoms with Gasteiger partial charge in [-0.2, -0.15) is 0 Å². The van der Waals surface area contributed by atoms with Crippen molar-refractivity contribution in [1.82, 2.24) is 10.0 Å². The fourth-order valence-electron chi connectivity index (χ4n) is 1.96. The monoisotopic (exact) mass is 428 g/mol. The van der Waals surface area contributed by atoms with E-state index in [-0.39, 0.29) is 17.5 Å². The maximum Gasteiger partial charge on any atom is 0.334 e. The summed E-state index contributed by atoms with van der Waals surface area (Å²) in [6, 6.07) is 8.04. The number of ether oxygens (including phenoxy) is 3. The van der Waals surface area contributed by atoms with E-state index >= 15 is 0 Å². The molecule has 28 heavy (non-hydrogen) atoms. The van der Waals surface area contributed by atoms with E-state index in [0.29, 0.717) is 16.5 Å². The number of pyridine rings is 1. The first-order valence-corrected chi connectivity index (χ1v) is 8.78. The summed E-state index contributed by atoms with van der Waals surface area (Å²) in [5.74, 6) is 0.0550. The van der Waals surface area contributed by atoms with Crippen LogP contribution in [0.25, 0.3) is 0 Å². The Morgan fingerprint density at radius 3 is 2.43 bits per heavy atom. The molecule has 8 nitrogen and oxygen atoms in total. The Labute approximate surface area is 171 Å². The van der Waals surface area contributed by atoms with Crippen LogP contribution in [0, 0.1) is 0 Å². The number of methoxy groups -OCH3 is 1. The molecule has 0 radical (unpaired) electrons. The highest BCUT2D eigenvalue weighted by Gasteiger charge is 2.21. The van der Waals surface area contributed by atoms with Crippen LogP contribution in [-0.4, -0.2) is 48.8 Å². The Morgan fingerprint density at radius 2 is 1.82 bits per heavy atom. The Bertz CT molecular complexity index is 831. The fourth-order valence-corrected chi connectivity index (χ4v) is 2.38. The number of hydrogen-bond donors (Lipinski definition) is 0. The van der Waals surface area contributed by atoms with Crippen LogP contribution >= 0.6 is 23.2 Å². The van der Waals surface area contributed by atoms with Crippen LogP contribution in [0.2, 0.25) is 10.0 Å². The molecule has 1 amide bonds. The smallest absolute Gasteiger partial charge is 0.334 e. The molecule has 0 aliphatic carbocycles. The van der Waals surface area contributed by atoms with Crippen LogP contribution in [0.15, 0.2) is 36.5 Å². The molecule has 1 unspecified atom stereocenters. The van der Waals surface area contributed by atoms with Gasteiger partial charge in [-0.25, -0.2) is 14.8 Å². The SMILES string of the molecule is COC(=O)CON(C)C(=O)C(C)Oc1ccc(Oc2ncc(Cl)cc2Cl)cc1. The van der Waals surface area contributed by atoms with Gasteiger partial charge in [-0.3, -0.25) is 9.63 Å². The van der Waals surface area contributed by atoms with Crippen LogP contribution in [0.1, 0.15) is 6.92 Å². The van der Waals surface area contributed by atoms with Crippen molar-refractivity contribution < 1.29 is 28.6 Å². The van der Waals surface area contributed by atoms with Gasteiger partial charge < -0.3 is 14.2 Å². The number of amides is 1. The van der Waals surface area contributed by atoms with Gasteiger partial charge in [-0.15, -0.1) is 0 Å². The Kier molecular flexibility index (Phi) is 7.86. The Hall–Kier alpha value is -2.55. The van der Waals surface area contributed by atoms with E-state index in [0.717, 1.165) is 5.06 Å². The van der Waals surface area contributed by atoms with Gasteiger partial charge in [-0.1, -0.05) is 23.2 Å². The van der Waals surface area contributed by atoms with Crippen LogP contribution in [0.3, 0.4) is 0 Å². The molecule has 0 bridgehead atoms. The number of benzene rings is 1. The maximum atomic E-state index is 12.2. The van der Waals surface area contributed by atoms with E-state index in [9.17, 15) is 9.59 Å². The van der Waals surface area contributed by atoms with Crippen molar-refractivity contribution in [3.63, 3.8) is 0 Å². The molecule has 2 rings (SSSR count). The van der Waals surface area contributed by atoms with Crippen molar-refractivity contribution in [3.8, 4) is 17.4 Å². The molecule has 0 fully saturated rings. The number of aromatic nitrogens is 1. The van der Waals surface area contributed by atoms with Gasteiger partial charge in [0.2, 0.25) is 5.88 Å². The molecule has 0 aliphatic heterocycles. The van der Waals surface area contributed by atoms with Crippen LogP contribution in [0.5, 0.6) is 17.4 Å². The number of esters is 1. The highest BCUT2D eigenvalue weighted by molar-refractivity contribution is 6.35. The molecule has 0 aliphatic rings. The lowest BCUT2D eigenvalue weighted by Gasteiger charge is -2.21. The number of hydrogen-bond acceptors (Lipinski definition) is 7. The molecule has 1 atom stereocenters. The molecule has 10 heteroatoms. The van der Waals surface area contributed by atoms with Crippen LogP contribution in [-0.2, 0) is 19.2 Å². The van der Waals surface area contributed by atoms with E-state index in [1.807, 2.05) is 0 Å². The molecule has 1 aromatic heterocycles. The average molecular weight is 429 g/mol. The largest absolute Gasteiger partial charge is 0.481 e. The molecule has 0 spiro atoms. The summed E-state index contributed by atoms with van der Waals surface area (Å²) >= 11 is 11.8. The fraction of sp³-hybridized carbons (Fsp3) is 0.278. The lowest BCUT2D eigenvalue weighted by atomic mass is 10.3. The van der Waals surface area contributed by atoms with Crippen molar-refractivity contribution in [2.24, 2.45) is 0 Å². The predicted molar refractivity (Wildman–Crippen MR) is 102 cm³/mol. The summed E-state index contributed by atoms with van der Waals surface area (Å²) in [6.45, 7) is 1.18. The standard InChI is InChI=1S/C18H18Cl2N2O6/c1-11(18(24)22(2)26-10-16(23)25-3)27-13-4-6-14(7-5-13)28-17-15(20)8-12(19)9-21-17/h4-9,11H,10H2,1-3H3. The third kappa shape index (κ3) is 6.26. The zero-order valence-corrected chi connectivity index (χ0v) is 16.9. The number of carbonyl (C=O) groups is 2. The normalized spacial score (nSPS) is 11.5. The van der Waals surface area contributed by atoms with Gasteiger partial charge in [0, 0.05) is 13.2 Å². The first-order valence-electron chi connectivity index (χ1n) is 8.03. The maximum absolute atomic E-state index is 12.2. The number of halogens is 2. The lowest BCUT2D eigenvalue weighted by molar-refractivity contribution is -0.191. The third-order valence-electron chi connectivity index (χ3n) is 3.39. The van der Waals surface area contributed by atoms with E-state index in [1.54, 1.807) is 31.2 Å². The summed E-state index contributed by atoms with van der Waals surface area (Å²) in [5.41, 5.74) is 0. The second kappa shape index (κ2) is 10.1. The topological polar surface area (TPSA) is 87.2 Å². The van der Waals surface area contributed by atoms with Crippen molar-refractivity contribution >= 4 is 35.1 Å². The number of likely N-dealkylation sites (N-methyl/N-ethyl adjacent to an activating group) is 1. The van der Waals surface area contributed by atoms with Gasteiger partial charge in [0.25, 0.3) is 5.91 Å². The predicted octanol–water partition coefficient (Wildman–Crippen LogP) is 3.51. The lowest BCUT2D eigenvalue weighted by Crippen LogP contribution is -2.39. The minimum atomic E-state index is -0.846. The minimum Gasteiger partial charge on any atom is -0.481 e. The number of nitrogens with zero attached hydrogens (tertiary/aromatic N) is 2. The van der Waals surface area contributed by atoms with E-state index in [1.165, 1.54) is 26.4 Å². The molecule has 0 saturated carbocycles. The summed E-state index contributed by atoms with van der Waals surface area (Å²) in [7, 11) is 2.61. The second-order valence-electron chi connectivity index (χ2n) is 5.46. The van der Waals surface area contributed by atoms with E-state index in [2.05, 4.69) is 9.72 Å². The quantitative estimate of drug-likeness (QED) is 0.469. The molecular formula is C18H18Cl2N2O6. The zero-order chi connectivity index (χ0) is 20.7. The first-order chi connectivity index (χ1) is 13.3. The molecule has 150 valence electrons. The summed E-state index contributed by atoms with van der Waals surface area (Å²) in [4.78, 5) is 32.2. The first kappa shape index (κ1) is 21.7. The van der Waals surface area contributed by atoms with Gasteiger partial charge in [0.1, 0.15) is 16.5 Å². The number of rotatable bonds is 8. The molecule has 1 heterocycles. The van der Waals surface area contributed by atoms with Gasteiger partial charge in [0.15, 0.2) is 12.7 Å². The van der Waals surface area contributed by atoms with Crippen molar-refractivity contribution in [2.45, 2.75) is 13.0 Å². The third-order valence-corrected chi connectivity index (χ3v) is 3.86. The van der Waals surface area contributed by atoms with Crippen molar-refractivity contribution in [3.05, 3.63) is 46.6 Å². The molecule has 2 aromatic rings.